The molecular weight excluding hydrogens is 264 g/mol. The lowest BCUT2D eigenvalue weighted by Crippen LogP contribution is -2.29. The minimum absolute atomic E-state index is 0.0769. The highest BCUT2D eigenvalue weighted by Crippen LogP contribution is 2.20. The van der Waals surface area contributed by atoms with Crippen molar-refractivity contribution < 1.29 is 9.53 Å². The number of carbonyl (C=O) groups is 1. The monoisotopic (exact) mass is 286 g/mol. The first-order chi connectivity index (χ1) is 10.1. The van der Waals surface area contributed by atoms with Gasteiger partial charge >= 0.3 is 0 Å². The molecule has 4 heteroatoms. The molecule has 112 valence electrons. The second-order valence-corrected chi connectivity index (χ2v) is 5.45. The van der Waals surface area contributed by atoms with E-state index in [9.17, 15) is 4.79 Å². The molecular formula is C17H22N2O2. The van der Waals surface area contributed by atoms with Crippen molar-refractivity contribution in [1.29, 1.82) is 0 Å². The van der Waals surface area contributed by atoms with Crippen LogP contribution in [0.1, 0.15) is 27.9 Å². The van der Waals surface area contributed by atoms with Crippen LogP contribution in [-0.4, -0.2) is 44.2 Å². The maximum atomic E-state index is 12.6. The molecule has 2 N–H and O–H groups in total. The van der Waals surface area contributed by atoms with Gasteiger partial charge in [-0.25, -0.2) is 0 Å². The van der Waals surface area contributed by atoms with Gasteiger partial charge in [-0.3, -0.25) is 4.79 Å². The van der Waals surface area contributed by atoms with Crippen LogP contribution in [0.2, 0.25) is 0 Å². The largest absolute Gasteiger partial charge is 0.384 e. The second kappa shape index (κ2) is 7.26. The van der Waals surface area contributed by atoms with Gasteiger partial charge in [-0.15, -0.1) is 0 Å². The molecule has 0 aliphatic carbocycles. The zero-order valence-corrected chi connectivity index (χ0v) is 12.7. The summed E-state index contributed by atoms with van der Waals surface area (Å²) in [6, 6.07) is 5.73. The average molecular weight is 286 g/mol. The third-order valence-corrected chi connectivity index (χ3v) is 3.63. The van der Waals surface area contributed by atoms with Crippen molar-refractivity contribution in [2.24, 2.45) is 11.7 Å². The second-order valence-electron chi connectivity index (χ2n) is 5.45. The number of carbonyl (C=O) groups excluding carboxylic acids is 1. The lowest BCUT2D eigenvalue weighted by molar-refractivity contribution is 0.0775. The number of ether oxygens (including phenoxy) is 1. The van der Waals surface area contributed by atoms with E-state index in [-0.39, 0.29) is 5.91 Å². The normalized spacial score (nSPS) is 17.5. The maximum Gasteiger partial charge on any atom is 0.253 e. The molecule has 1 unspecified atom stereocenters. The van der Waals surface area contributed by atoms with Gasteiger partial charge in [0, 0.05) is 37.2 Å². The van der Waals surface area contributed by atoms with Crippen LogP contribution >= 0.6 is 0 Å². The Morgan fingerprint density at radius 1 is 1.48 bits per heavy atom. The highest BCUT2D eigenvalue weighted by Gasteiger charge is 2.26. The van der Waals surface area contributed by atoms with Crippen LogP contribution in [0.15, 0.2) is 18.2 Å². The molecule has 1 atom stereocenters. The van der Waals surface area contributed by atoms with Gasteiger partial charge in [0.05, 0.1) is 13.2 Å². The summed E-state index contributed by atoms with van der Waals surface area (Å²) in [5, 5.41) is 0. The summed E-state index contributed by atoms with van der Waals surface area (Å²) in [4.78, 5) is 14.5. The van der Waals surface area contributed by atoms with Crippen LogP contribution in [0.5, 0.6) is 0 Å². The minimum Gasteiger partial charge on any atom is -0.384 e. The lowest BCUT2D eigenvalue weighted by atomic mass is 10.1. The van der Waals surface area contributed by atoms with Crippen LogP contribution in [0, 0.1) is 24.7 Å². The molecule has 1 aromatic carbocycles. The van der Waals surface area contributed by atoms with Crippen LogP contribution in [0.3, 0.4) is 0 Å². The molecule has 2 rings (SSSR count). The molecule has 1 heterocycles. The Balaban J connectivity index is 2.14. The summed E-state index contributed by atoms with van der Waals surface area (Å²) in [5.74, 6) is 6.34. The Kier molecular flexibility index (Phi) is 5.38. The summed E-state index contributed by atoms with van der Waals surface area (Å²) in [7, 11) is 1.70. The third-order valence-electron chi connectivity index (χ3n) is 3.63. The number of aryl methyl sites for hydroxylation is 1. The molecule has 1 amide bonds. The van der Waals surface area contributed by atoms with Crippen molar-refractivity contribution in [3.63, 3.8) is 0 Å². The fourth-order valence-electron chi connectivity index (χ4n) is 2.70. The number of likely N-dealkylation sites (tertiary alicyclic amines) is 1. The number of rotatable bonds is 3. The van der Waals surface area contributed by atoms with Gasteiger partial charge in [0.15, 0.2) is 0 Å². The summed E-state index contributed by atoms with van der Waals surface area (Å²) in [6.07, 6.45) is 1.01. The van der Waals surface area contributed by atoms with Crippen LogP contribution < -0.4 is 5.73 Å². The summed E-state index contributed by atoms with van der Waals surface area (Å²) >= 11 is 0. The molecule has 0 spiro atoms. The molecule has 0 bridgehead atoms. The van der Waals surface area contributed by atoms with Gasteiger partial charge in [-0.1, -0.05) is 11.8 Å². The van der Waals surface area contributed by atoms with E-state index in [0.29, 0.717) is 24.6 Å². The van der Waals surface area contributed by atoms with E-state index in [4.69, 9.17) is 10.5 Å². The van der Waals surface area contributed by atoms with Gasteiger partial charge in [-0.05, 0) is 37.1 Å². The Hall–Kier alpha value is -1.83. The molecule has 21 heavy (non-hydrogen) atoms. The van der Waals surface area contributed by atoms with Crippen molar-refractivity contribution in [2.45, 2.75) is 13.3 Å². The molecule has 4 nitrogen and oxygen atoms in total. The highest BCUT2D eigenvalue weighted by molar-refractivity contribution is 5.95. The first-order valence-electron chi connectivity index (χ1n) is 7.23. The Bertz CT molecular complexity index is 572. The average Bonchev–Trinajstić information content (AvgIpc) is 2.93. The highest BCUT2D eigenvalue weighted by atomic mass is 16.5. The summed E-state index contributed by atoms with van der Waals surface area (Å²) in [6.45, 7) is 4.57. The van der Waals surface area contributed by atoms with E-state index < -0.39 is 0 Å². The van der Waals surface area contributed by atoms with Crippen LogP contribution in [-0.2, 0) is 4.74 Å². The van der Waals surface area contributed by atoms with E-state index in [0.717, 1.165) is 30.6 Å². The predicted octanol–water partition coefficient (Wildman–Crippen LogP) is 1.41. The van der Waals surface area contributed by atoms with Crippen molar-refractivity contribution in [3.05, 3.63) is 34.9 Å². The quantitative estimate of drug-likeness (QED) is 0.855. The van der Waals surface area contributed by atoms with Crippen LogP contribution in [0.4, 0.5) is 0 Å². The minimum atomic E-state index is 0.0769. The number of amides is 1. The lowest BCUT2D eigenvalue weighted by Gasteiger charge is -2.17. The third kappa shape index (κ3) is 4.07. The van der Waals surface area contributed by atoms with Gasteiger partial charge in [-0.2, -0.15) is 0 Å². The smallest absolute Gasteiger partial charge is 0.253 e. The van der Waals surface area contributed by atoms with Crippen LogP contribution in [0.25, 0.3) is 0 Å². The standard InChI is InChI=1S/C17H22N2O2/c1-13-8-14(4-3-6-18)10-16(9-13)17(20)19-7-5-15(11-19)12-21-2/h8-10,15H,5-7,11-12,18H2,1-2H3. The van der Waals surface area contributed by atoms with Gasteiger partial charge < -0.3 is 15.4 Å². The number of hydrogen-bond donors (Lipinski definition) is 1. The van der Waals surface area contributed by atoms with E-state index in [2.05, 4.69) is 11.8 Å². The Morgan fingerprint density at radius 2 is 2.29 bits per heavy atom. The molecule has 1 aliphatic heterocycles. The molecule has 1 saturated heterocycles. The topological polar surface area (TPSA) is 55.6 Å². The van der Waals surface area contributed by atoms with E-state index in [1.807, 2.05) is 30.0 Å². The van der Waals surface area contributed by atoms with Gasteiger partial charge in [0.2, 0.25) is 0 Å². The molecule has 1 aliphatic rings. The zero-order chi connectivity index (χ0) is 15.2. The van der Waals surface area contributed by atoms with Crippen molar-refractivity contribution in [3.8, 4) is 11.8 Å². The van der Waals surface area contributed by atoms with Crippen molar-refractivity contribution >= 4 is 5.91 Å². The molecule has 0 radical (unpaired) electrons. The Morgan fingerprint density at radius 3 is 3.00 bits per heavy atom. The molecule has 0 aromatic heterocycles. The number of methoxy groups -OCH3 is 1. The number of nitrogens with two attached hydrogens (primary N) is 1. The van der Waals surface area contributed by atoms with E-state index in [1.165, 1.54) is 0 Å². The number of hydrogen-bond acceptors (Lipinski definition) is 3. The molecule has 0 saturated carbocycles. The van der Waals surface area contributed by atoms with Crippen molar-refractivity contribution in [2.75, 3.05) is 33.4 Å². The molecule has 1 fully saturated rings. The summed E-state index contributed by atoms with van der Waals surface area (Å²) in [5.41, 5.74) is 7.98. The van der Waals surface area contributed by atoms with Gasteiger partial charge in [0.25, 0.3) is 5.91 Å². The molecule has 1 aromatic rings. The first-order valence-corrected chi connectivity index (χ1v) is 7.23. The Labute approximate surface area is 126 Å². The van der Waals surface area contributed by atoms with E-state index in [1.54, 1.807) is 7.11 Å². The number of benzene rings is 1. The van der Waals surface area contributed by atoms with Gasteiger partial charge in [0.1, 0.15) is 0 Å². The predicted molar refractivity (Wildman–Crippen MR) is 83.0 cm³/mol. The first kappa shape index (κ1) is 15.6. The van der Waals surface area contributed by atoms with E-state index >= 15 is 0 Å². The summed E-state index contributed by atoms with van der Waals surface area (Å²) < 4.78 is 5.17. The SMILES string of the molecule is COCC1CCN(C(=O)c2cc(C)cc(C#CCN)c2)C1. The van der Waals surface area contributed by atoms with Crippen molar-refractivity contribution in [1.82, 2.24) is 4.90 Å². The fourth-order valence-corrected chi connectivity index (χ4v) is 2.70. The maximum absolute atomic E-state index is 12.6. The fraction of sp³-hybridized carbons (Fsp3) is 0.471. The zero-order valence-electron chi connectivity index (χ0n) is 12.7. The number of nitrogens with zero attached hydrogens (tertiary/aromatic N) is 1.